The molecule has 11 heteroatoms. The quantitative estimate of drug-likeness (QED) is 0.182. The molecule has 6 unspecified atom stereocenters. The van der Waals surface area contributed by atoms with Crippen LogP contribution in [0, 0.1) is 11.8 Å². The number of aromatic amines is 1. The van der Waals surface area contributed by atoms with Gasteiger partial charge >= 0.3 is 5.97 Å². The summed E-state index contributed by atoms with van der Waals surface area (Å²) in [7, 11) is 0. The van der Waals surface area contributed by atoms with Gasteiger partial charge in [-0.1, -0.05) is 58.7 Å². The number of carboxylic acid groups (broad SMARTS) is 1. The number of rotatable bonds is 14. The number of carbonyl (C=O) groups excluding carboxylic acids is 3. The van der Waals surface area contributed by atoms with Crippen molar-refractivity contribution in [2.45, 2.75) is 71.1 Å². The Balaban J connectivity index is 2.15. The maximum Gasteiger partial charge on any atom is 0.327 e. The number of para-hydroxylation sites is 1. The number of thiol groups is 1. The number of nitrogens with two attached hydrogens (primary N) is 1. The standard InChI is InChI=1S/C26H39N5O5S/c1-5-14(3)21(24(33)29-20(13-37)26(35)36)31-25(34)22(15(4)6-2)30-23(32)18(27)11-16-12-28-19-10-8-7-9-17(16)19/h7-10,12,14-15,18,20-22,28,37H,5-6,11,13,27H2,1-4H3,(H,29,33)(H,30,32)(H,31,34)(H,35,36). The lowest BCUT2D eigenvalue weighted by Gasteiger charge is -2.30. The van der Waals surface area contributed by atoms with Gasteiger partial charge in [-0.25, -0.2) is 4.79 Å². The summed E-state index contributed by atoms with van der Waals surface area (Å²) >= 11 is 3.98. The smallest absolute Gasteiger partial charge is 0.327 e. The minimum Gasteiger partial charge on any atom is -0.480 e. The summed E-state index contributed by atoms with van der Waals surface area (Å²) < 4.78 is 0. The van der Waals surface area contributed by atoms with Crippen molar-refractivity contribution in [3.05, 3.63) is 36.0 Å². The summed E-state index contributed by atoms with van der Waals surface area (Å²) in [6.07, 6.45) is 3.26. The number of hydrogen-bond donors (Lipinski definition) is 7. The Morgan fingerprint density at radius 2 is 1.49 bits per heavy atom. The summed E-state index contributed by atoms with van der Waals surface area (Å²) in [5.74, 6) is -3.45. The van der Waals surface area contributed by atoms with E-state index in [4.69, 9.17) is 5.73 Å². The van der Waals surface area contributed by atoms with Crippen LogP contribution in [0.3, 0.4) is 0 Å². The van der Waals surface area contributed by atoms with E-state index in [0.29, 0.717) is 12.8 Å². The van der Waals surface area contributed by atoms with E-state index in [9.17, 15) is 24.3 Å². The number of nitrogens with one attached hydrogen (secondary N) is 4. The number of benzene rings is 1. The minimum atomic E-state index is -1.22. The van der Waals surface area contributed by atoms with E-state index in [1.807, 2.05) is 51.2 Å². The first kappa shape index (κ1) is 30.2. The van der Waals surface area contributed by atoms with Crippen molar-refractivity contribution in [1.29, 1.82) is 0 Å². The molecule has 0 saturated carbocycles. The number of fused-ring (bicyclic) bond motifs is 1. The van der Waals surface area contributed by atoms with E-state index >= 15 is 0 Å². The van der Waals surface area contributed by atoms with Gasteiger partial charge in [0.25, 0.3) is 0 Å². The fourth-order valence-corrected chi connectivity index (χ4v) is 4.23. The Kier molecular flexibility index (Phi) is 11.4. The van der Waals surface area contributed by atoms with Gasteiger partial charge in [-0.2, -0.15) is 12.6 Å². The highest BCUT2D eigenvalue weighted by Crippen LogP contribution is 2.19. The summed E-state index contributed by atoms with van der Waals surface area (Å²) in [6, 6.07) is 3.72. The summed E-state index contributed by atoms with van der Waals surface area (Å²) in [5, 5.41) is 18.2. The van der Waals surface area contributed by atoms with Crippen LogP contribution in [0.4, 0.5) is 0 Å². The average Bonchev–Trinajstić information content (AvgIpc) is 3.29. The Labute approximate surface area is 222 Å². The monoisotopic (exact) mass is 533 g/mol. The fourth-order valence-electron chi connectivity index (χ4n) is 3.98. The molecule has 2 aromatic rings. The first-order valence-corrected chi connectivity index (χ1v) is 13.2. The number of carbonyl (C=O) groups is 4. The molecule has 204 valence electrons. The SMILES string of the molecule is CCC(C)C(NC(=O)C(N)Cc1c[nH]c2ccccc12)C(=O)NC(C(=O)NC(CS)C(=O)O)C(C)CC. The number of carboxylic acids is 1. The van der Waals surface area contributed by atoms with Gasteiger partial charge in [0.2, 0.25) is 17.7 Å². The molecular formula is C26H39N5O5S. The van der Waals surface area contributed by atoms with Gasteiger partial charge in [0.1, 0.15) is 18.1 Å². The molecule has 6 atom stereocenters. The third-order valence-corrected chi connectivity index (χ3v) is 7.20. The maximum atomic E-state index is 13.3. The van der Waals surface area contributed by atoms with Crippen LogP contribution < -0.4 is 21.7 Å². The third kappa shape index (κ3) is 7.96. The Bertz CT molecular complexity index is 1090. The highest BCUT2D eigenvalue weighted by atomic mass is 32.1. The zero-order valence-corrected chi connectivity index (χ0v) is 22.7. The van der Waals surface area contributed by atoms with Crippen LogP contribution in [0.25, 0.3) is 10.9 Å². The predicted octanol–water partition coefficient (Wildman–Crippen LogP) is 1.60. The van der Waals surface area contributed by atoms with Crippen molar-refractivity contribution in [3.63, 3.8) is 0 Å². The second-order valence-electron chi connectivity index (χ2n) is 9.50. The molecule has 0 aliphatic rings. The van der Waals surface area contributed by atoms with Gasteiger partial charge in [-0.3, -0.25) is 14.4 Å². The first-order chi connectivity index (χ1) is 17.5. The highest BCUT2D eigenvalue weighted by molar-refractivity contribution is 7.80. The van der Waals surface area contributed by atoms with Crippen LogP contribution >= 0.6 is 12.6 Å². The first-order valence-electron chi connectivity index (χ1n) is 12.6. The van der Waals surface area contributed by atoms with Crippen LogP contribution in [0.5, 0.6) is 0 Å². The number of hydrogen-bond acceptors (Lipinski definition) is 6. The molecule has 1 aromatic carbocycles. The van der Waals surface area contributed by atoms with E-state index in [1.54, 1.807) is 6.92 Å². The average molecular weight is 534 g/mol. The Hall–Kier alpha value is -3.05. The number of aliphatic carboxylic acids is 1. The normalized spacial score (nSPS) is 16.2. The van der Waals surface area contributed by atoms with Gasteiger partial charge in [0.05, 0.1) is 6.04 Å². The zero-order chi connectivity index (χ0) is 27.7. The topological polar surface area (TPSA) is 166 Å². The van der Waals surface area contributed by atoms with Crippen LogP contribution in [-0.4, -0.2) is 63.7 Å². The van der Waals surface area contributed by atoms with Gasteiger partial charge in [0.15, 0.2) is 0 Å². The predicted molar refractivity (Wildman–Crippen MR) is 146 cm³/mol. The third-order valence-electron chi connectivity index (χ3n) is 6.84. The summed E-state index contributed by atoms with van der Waals surface area (Å²) in [4.78, 5) is 53.8. The van der Waals surface area contributed by atoms with Gasteiger partial charge in [-0.15, -0.1) is 0 Å². The van der Waals surface area contributed by atoms with Crippen molar-refractivity contribution in [1.82, 2.24) is 20.9 Å². The van der Waals surface area contributed by atoms with Crippen molar-refractivity contribution in [2.24, 2.45) is 17.6 Å². The molecule has 2 rings (SSSR count). The largest absolute Gasteiger partial charge is 0.480 e. The molecule has 37 heavy (non-hydrogen) atoms. The lowest BCUT2D eigenvalue weighted by molar-refractivity contribution is -0.142. The Morgan fingerprint density at radius 3 is 2.03 bits per heavy atom. The molecule has 3 amide bonds. The minimum absolute atomic E-state index is 0.0951. The van der Waals surface area contributed by atoms with Crippen molar-refractivity contribution in [2.75, 3.05) is 5.75 Å². The molecule has 0 radical (unpaired) electrons. The molecule has 7 N–H and O–H groups in total. The molecule has 1 aromatic heterocycles. The fraction of sp³-hybridized carbons (Fsp3) is 0.538. The summed E-state index contributed by atoms with van der Waals surface area (Å²) in [6.45, 7) is 7.37. The van der Waals surface area contributed by atoms with Gasteiger partial charge in [-0.05, 0) is 29.9 Å². The van der Waals surface area contributed by atoms with E-state index in [0.717, 1.165) is 16.5 Å². The van der Waals surface area contributed by atoms with Gasteiger partial charge in [0, 0.05) is 22.9 Å². The number of H-pyrrole nitrogens is 1. The lowest BCUT2D eigenvalue weighted by Crippen LogP contribution is -2.60. The van der Waals surface area contributed by atoms with Crippen molar-refractivity contribution in [3.8, 4) is 0 Å². The lowest BCUT2D eigenvalue weighted by atomic mass is 9.94. The molecular weight excluding hydrogens is 494 g/mol. The zero-order valence-electron chi connectivity index (χ0n) is 21.8. The van der Waals surface area contributed by atoms with Crippen LogP contribution in [0.1, 0.15) is 46.1 Å². The highest BCUT2D eigenvalue weighted by Gasteiger charge is 2.34. The molecule has 1 heterocycles. The summed E-state index contributed by atoms with van der Waals surface area (Å²) in [5.41, 5.74) is 8.06. The van der Waals surface area contributed by atoms with Gasteiger partial charge < -0.3 is 31.8 Å². The molecule has 0 fully saturated rings. The molecule has 0 aliphatic carbocycles. The van der Waals surface area contributed by atoms with E-state index < -0.39 is 47.9 Å². The van der Waals surface area contributed by atoms with E-state index in [1.165, 1.54) is 0 Å². The second kappa shape index (κ2) is 14.0. The van der Waals surface area contributed by atoms with Crippen LogP contribution in [0.15, 0.2) is 30.5 Å². The molecule has 0 spiro atoms. The van der Waals surface area contributed by atoms with Crippen molar-refractivity contribution >= 4 is 47.2 Å². The number of amides is 3. The van der Waals surface area contributed by atoms with Crippen molar-refractivity contribution < 1.29 is 24.3 Å². The molecule has 10 nitrogen and oxygen atoms in total. The molecule has 0 saturated heterocycles. The van der Waals surface area contributed by atoms with Crippen LogP contribution in [-0.2, 0) is 25.6 Å². The molecule has 0 bridgehead atoms. The second-order valence-corrected chi connectivity index (χ2v) is 9.86. The van der Waals surface area contributed by atoms with E-state index in [2.05, 4.69) is 33.6 Å². The maximum absolute atomic E-state index is 13.3. The van der Waals surface area contributed by atoms with E-state index in [-0.39, 0.29) is 24.0 Å². The number of aromatic nitrogens is 1. The van der Waals surface area contributed by atoms with Crippen LogP contribution in [0.2, 0.25) is 0 Å². The molecule has 0 aliphatic heterocycles. The Morgan fingerprint density at radius 1 is 0.946 bits per heavy atom.